The minimum atomic E-state index is 0.0917. The highest BCUT2D eigenvalue weighted by molar-refractivity contribution is 7.71. The van der Waals surface area contributed by atoms with Crippen molar-refractivity contribution in [1.82, 2.24) is 14.5 Å². The van der Waals surface area contributed by atoms with Crippen LogP contribution in [-0.4, -0.2) is 47.3 Å². The Morgan fingerprint density at radius 1 is 1.33 bits per heavy atom. The molecule has 130 valence electrons. The highest BCUT2D eigenvalue weighted by Crippen LogP contribution is 2.35. The third kappa shape index (κ3) is 2.98. The van der Waals surface area contributed by atoms with Crippen LogP contribution < -0.4 is 5.56 Å². The summed E-state index contributed by atoms with van der Waals surface area (Å²) in [4.78, 5) is 21.1. The van der Waals surface area contributed by atoms with Crippen molar-refractivity contribution in [3.05, 3.63) is 25.6 Å². The minimum absolute atomic E-state index is 0.0917. The van der Waals surface area contributed by atoms with Gasteiger partial charge < -0.3 is 9.72 Å². The molecule has 7 heteroatoms. The Kier molecular flexibility index (Phi) is 4.60. The average molecular weight is 366 g/mol. The van der Waals surface area contributed by atoms with Gasteiger partial charge in [-0.1, -0.05) is 6.92 Å². The number of ether oxygens (including phenoxy) is 1. The van der Waals surface area contributed by atoms with Crippen LogP contribution in [0.4, 0.5) is 0 Å². The zero-order valence-corrected chi connectivity index (χ0v) is 15.6. The fourth-order valence-corrected chi connectivity index (χ4v) is 5.47. The van der Waals surface area contributed by atoms with Crippen molar-refractivity contribution in [2.45, 2.75) is 32.7 Å². The van der Waals surface area contributed by atoms with Crippen LogP contribution in [0.3, 0.4) is 0 Å². The summed E-state index contributed by atoms with van der Waals surface area (Å²) in [6, 6.07) is 0. The Balaban J connectivity index is 1.68. The average Bonchev–Trinajstić information content (AvgIpc) is 2.92. The molecule has 4 rings (SSSR count). The van der Waals surface area contributed by atoms with Crippen molar-refractivity contribution < 1.29 is 4.74 Å². The van der Waals surface area contributed by atoms with E-state index in [0.29, 0.717) is 17.2 Å². The number of aryl methyl sites for hydroxylation is 1. The second-order valence-electron chi connectivity index (χ2n) is 6.90. The van der Waals surface area contributed by atoms with Gasteiger partial charge in [-0.25, -0.2) is 0 Å². The van der Waals surface area contributed by atoms with Crippen LogP contribution in [0.25, 0.3) is 10.2 Å². The van der Waals surface area contributed by atoms with Gasteiger partial charge in [-0.15, -0.1) is 11.3 Å². The number of hydrogen-bond acceptors (Lipinski definition) is 5. The van der Waals surface area contributed by atoms with Crippen molar-refractivity contribution in [3.8, 4) is 0 Å². The van der Waals surface area contributed by atoms with E-state index in [1.165, 1.54) is 16.9 Å². The Hall–Kier alpha value is -1.02. The van der Waals surface area contributed by atoms with Gasteiger partial charge in [0, 0.05) is 31.1 Å². The molecule has 1 atom stereocenters. The number of nitrogens with one attached hydrogen (secondary N) is 1. The molecule has 3 heterocycles. The summed E-state index contributed by atoms with van der Waals surface area (Å²) in [5, 5.41) is 0.887. The Morgan fingerprint density at radius 3 is 2.92 bits per heavy atom. The first-order valence-electron chi connectivity index (χ1n) is 8.71. The lowest BCUT2D eigenvalue weighted by Crippen LogP contribution is -2.39. The first-order valence-corrected chi connectivity index (χ1v) is 9.93. The number of thiophene rings is 1. The number of aromatic nitrogens is 2. The van der Waals surface area contributed by atoms with E-state index in [-0.39, 0.29) is 5.56 Å². The van der Waals surface area contributed by atoms with E-state index in [1.54, 1.807) is 15.9 Å². The van der Waals surface area contributed by atoms with E-state index in [2.05, 4.69) is 16.8 Å². The van der Waals surface area contributed by atoms with Crippen molar-refractivity contribution in [2.75, 3.05) is 32.8 Å². The van der Waals surface area contributed by atoms with Crippen LogP contribution in [0.5, 0.6) is 0 Å². The van der Waals surface area contributed by atoms with Crippen molar-refractivity contribution in [2.24, 2.45) is 5.92 Å². The Morgan fingerprint density at radius 2 is 2.12 bits per heavy atom. The molecule has 5 nitrogen and oxygen atoms in total. The van der Waals surface area contributed by atoms with Crippen LogP contribution in [0.2, 0.25) is 0 Å². The fourth-order valence-electron chi connectivity index (χ4n) is 3.73. The van der Waals surface area contributed by atoms with Gasteiger partial charge in [0.1, 0.15) is 4.83 Å². The zero-order chi connectivity index (χ0) is 16.7. The number of morpholine rings is 1. The molecular weight excluding hydrogens is 342 g/mol. The van der Waals surface area contributed by atoms with Gasteiger partial charge in [-0.2, -0.15) is 0 Å². The molecule has 2 aromatic heterocycles. The molecule has 0 bridgehead atoms. The molecular formula is C17H23N3O2S2. The van der Waals surface area contributed by atoms with Crippen LogP contribution >= 0.6 is 23.6 Å². The molecule has 2 aromatic rings. The number of fused-ring (bicyclic) bond motifs is 3. The molecule has 1 aliphatic heterocycles. The normalized spacial score (nSPS) is 22.0. The van der Waals surface area contributed by atoms with Crippen molar-refractivity contribution in [1.29, 1.82) is 0 Å². The molecule has 1 saturated heterocycles. The van der Waals surface area contributed by atoms with Crippen LogP contribution in [0.15, 0.2) is 4.79 Å². The van der Waals surface area contributed by atoms with E-state index in [4.69, 9.17) is 17.0 Å². The van der Waals surface area contributed by atoms with Gasteiger partial charge in [-0.05, 0) is 43.0 Å². The maximum Gasteiger partial charge on any atom is 0.263 e. The predicted octanol–water partition coefficient (Wildman–Crippen LogP) is 2.58. The lowest BCUT2D eigenvalue weighted by Gasteiger charge is -2.26. The summed E-state index contributed by atoms with van der Waals surface area (Å²) in [5.41, 5.74) is 1.36. The molecule has 1 fully saturated rings. The SMILES string of the molecule is CC1CCc2c(sc3[nH]c(=S)n(CCN4CCOCC4)c(=O)c23)C1. The van der Waals surface area contributed by atoms with E-state index in [1.807, 2.05) is 0 Å². The van der Waals surface area contributed by atoms with Gasteiger partial charge in [0.2, 0.25) is 0 Å². The fraction of sp³-hybridized carbons (Fsp3) is 0.647. The molecule has 0 spiro atoms. The third-order valence-electron chi connectivity index (χ3n) is 5.18. The molecule has 0 amide bonds. The van der Waals surface area contributed by atoms with Crippen LogP contribution in [0.1, 0.15) is 23.8 Å². The smallest absolute Gasteiger partial charge is 0.263 e. The van der Waals surface area contributed by atoms with E-state index in [9.17, 15) is 4.79 Å². The molecule has 2 aliphatic rings. The van der Waals surface area contributed by atoms with Crippen LogP contribution in [-0.2, 0) is 24.1 Å². The summed E-state index contributed by atoms with van der Waals surface area (Å²) in [7, 11) is 0. The third-order valence-corrected chi connectivity index (χ3v) is 6.67. The Bertz CT molecular complexity index is 861. The molecule has 0 aromatic carbocycles. The van der Waals surface area contributed by atoms with Gasteiger partial charge in [-0.3, -0.25) is 14.3 Å². The molecule has 1 N–H and O–H groups in total. The molecule has 1 unspecified atom stereocenters. The number of H-pyrrole nitrogens is 1. The second-order valence-corrected chi connectivity index (χ2v) is 8.39. The van der Waals surface area contributed by atoms with Crippen LogP contribution in [0, 0.1) is 10.7 Å². The Labute approximate surface area is 150 Å². The summed E-state index contributed by atoms with van der Waals surface area (Å²) >= 11 is 7.19. The van der Waals surface area contributed by atoms with Crippen molar-refractivity contribution >= 4 is 33.8 Å². The summed E-state index contributed by atoms with van der Waals surface area (Å²) in [5.74, 6) is 0.706. The van der Waals surface area contributed by atoms with Crippen molar-refractivity contribution in [3.63, 3.8) is 0 Å². The molecule has 0 saturated carbocycles. The quantitative estimate of drug-likeness (QED) is 0.850. The topological polar surface area (TPSA) is 50.3 Å². The summed E-state index contributed by atoms with van der Waals surface area (Å²) in [6.45, 7) is 7.18. The lowest BCUT2D eigenvalue weighted by atomic mass is 9.89. The molecule has 0 radical (unpaired) electrons. The first-order chi connectivity index (χ1) is 11.6. The highest BCUT2D eigenvalue weighted by Gasteiger charge is 2.23. The van der Waals surface area contributed by atoms with Gasteiger partial charge in [0.25, 0.3) is 5.56 Å². The maximum absolute atomic E-state index is 13.1. The summed E-state index contributed by atoms with van der Waals surface area (Å²) < 4.78 is 7.68. The number of nitrogens with zero attached hydrogens (tertiary/aromatic N) is 2. The summed E-state index contributed by atoms with van der Waals surface area (Å²) in [6.07, 6.45) is 3.27. The van der Waals surface area contributed by atoms with E-state index >= 15 is 0 Å². The predicted molar refractivity (Wildman–Crippen MR) is 99.7 cm³/mol. The zero-order valence-electron chi connectivity index (χ0n) is 14.0. The first kappa shape index (κ1) is 16.4. The van der Waals surface area contributed by atoms with Gasteiger partial charge in [0.05, 0.1) is 18.6 Å². The largest absolute Gasteiger partial charge is 0.379 e. The van der Waals surface area contributed by atoms with Gasteiger partial charge in [0.15, 0.2) is 4.77 Å². The highest BCUT2D eigenvalue weighted by atomic mass is 32.1. The lowest BCUT2D eigenvalue weighted by molar-refractivity contribution is 0.0362. The monoisotopic (exact) mass is 365 g/mol. The van der Waals surface area contributed by atoms with E-state index in [0.717, 1.165) is 55.9 Å². The second kappa shape index (κ2) is 6.71. The van der Waals surface area contributed by atoms with E-state index < -0.39 is 0 Å². The standard InChI is InChI=1S/C17H23N3O2S2/c1-11-2-3-12-13(10-11)24-15-14(12)16(21)20(17(23)18-15)5-4-19-6-8-22-9-7-19/h11H,2-10H2,1H3,(H,18,23). The minimum Gasteiger partial charge on any atom is -0.379 e. The number of rotatable bonds is 3. The van der Waals surface area contributed by atoms with Gasteiger partial charge >= 0.3 is 0 Å². The number of aromatic amines is 1. The number of hydrogen-bond donors (Lipinski definition) is 1. The molecule has 1 aliphatic carbocycles. The molecule has 24 heavy (non-hydrogen) atoms. The maximum atomic E-state index is 13.1.